The van der Waals surface area contributed by atoms with Gasteiger partial charge < -0.3 is 20.1 Å². The average Bonchev–Trinajstić information content (AvgIpc) is 2.47. The number of rotatable bonds is 4. The zero-order valence-corrected chi connectivity index (χ0v) is 12.0. The Bertz CT molecular complexity index is 477. The molecule has 0 radical (unpaired) electrons. The molecule has 0 bridgehead atoms. The number of anilines is 2. The van der Waals surface area contributed by atoms with Crippen molar-refractivity contribution in [1.82, 2.24) is 4.98 Å². The van der Waals surface area contributed by atoms with Gasteiger partial charge in [0.25, 0.3) is 0 Å². The fourth-order valence-electron chi connectivity index (χ4n) is 2.56. The maximum absolute atomic E-state index is 11.7. The molecule has 0 aromatic carbocycles. The summed E-state index contributed by atoms with van der Waals surface area (Å²) >= 11 is 0. The Morgan fingerprint density at radius 1 is 1.55 bits per heavy atom. The van der Waals surface area contributed by atoms with Crippen LogP contribution in [0.2, 0.25) is 0 Å². The molecule has 1 saturated heterocycles. The molecule has 0 saturated carbocycles. The molecule has 110 valence electrons. The van der Waals surface area contributed by atoms with E-state index in [1.807, 2.05) is 0 Å². The number of pyridine rings is 1. The highest BCUT2D eigenvalue weighted by molar-refractivity contribution is 5.95. The number of ether oxygens (including phenoxy) is 2. The first kappa shape index (κ1) is 14.6. The van der Waals surface area contributed by atoms with E-state index in [-0.39, 0.29) is 0 Å². The van der Waals surface area contributed by atoms with Crippen molar-refractivity contribution < 1.29 is 14.3 Å². The molecule has 2 rings (SSSR count). The van der Waals surface area contributed by atoms with Gasteiger partial charge in [-0.05, 0) is 24.8 Å². The van der Waals surface area contributed by atoms with Crippen molar-refractivity contribution in [3.05, 3.63) is 17.8 Å². The van der Waals surface area contributed by atoms with E-state index in [9.17, 15) is 4.79 Å². The lowest BCUT2D eigenvalue weighted by molar-refractivity contribution is 0.0602. The summed E-state index contributed by atoms with van der Waals surface area (Å²) in [7, 11) is 3.06. The third-order valence-corrected chi connectivity index (χ3v) is 3.57. The van der Waals surface area contributed by atoms with Crippen LogP contribution in [0, 0.1) is 5.92 Å². The number of hydrogen-bond donors (Lipinski definition) is 1. The van der Waals surface area contributed by atoms with Crippen molar-refractivity contribution in [2.24, 2.45) is 5.92 Å². The monoisotopic (exact) mass is 279 g/mol. The summed E-state index contributed by atoms with van der Waals surface area (Å²) in [6.07, 6.45) is 3.76. The standard InChI is InChI=1S/C14H21N3O3/c1-19-9-10-4-3-5-17(8-10)13-6-11(14(18)20-2)12(15)7-16-13/h6-7,10H,3-5,8-9,15H2,1-2H3. The van der Waals surface area contributed by atoms with Gasteiger partial charge in [-0.2, -0.15) is 0 Å². The van der Waals surface area contributed by atoms with Crippen LogP contribution in [0.15, 0.2) is 12.3 Å². The third-order valence-electron chi connectivity index (χ3n) is 3.57. The van der Waals surface area contributed by atoms with Gasteiger partial charge in [-0.15, -0.1) is 0 Å². The molecule has 1 atom stereocenters. The molecule has 20 heavy (non-hydrogen) atoms. The second-order valence-electron chi connectivity index (χ2n) is 5.03. The van der Waals surface area contributed by atoms with Gasteiger partial charge in [0.15, 0.2) is 0 Å². The fourth-order valence-corrected chi connectivity index (χ4v) is 2.56. The number of esters is 1. The summed E-state index contributed by atoms with van der Waals surface area (Å²) in [6, 6.07) is 1.70. The second-order valence-corrected chi connectivity index (χ2v) is 5.03. The summed E-state index contributed by atoms with van der Waals surface area (Å²) in [5.41, 5.74) is 6.47. The van der Waals surface area contributed by atoms with E-state index in [1.165, 1.54) is 13.3 Å². The summed E-state index contributed by atoms with van der Waals surface area (Å²) in [4.78, 5) is 18.2. The number of carbonyl (C=O) groups excluding carboxylic acids is 1. The van der Waals surface area contributed by atoms with Crippen molar-refractivity contribution in [3.63, 3.8) is 0 Å². The summed E-state index contributed by atoms with van der Waals surface area (Å²) in [5, 5.41) is 0. The first-order valence-electron chi connectivity index (χ1n) is 6.73. The Morgan fingerprint density at radius 2 is 2.35 bits per heavy atom. The zero-order chi connectivity index (χ0) is 14.5. The Labute approximate surface area is 118 Å². The van der Waals surface area contributed by atoms with Crippen LogP contribution in [-0.2, 0) is 9.47 Å². The van der Waals surface area contributed by atoms with Crippen LogP contribution in [0.1, 0.15) is 23.2 Å². The number of piperidine rings is 1. The molecular formula is C14H21N3O3. The van der Waals surface area contributed by atoms with Crippen molar-refractivity contribution in [2.75, 3.05) is 44.5 Å². The minimum Gasteiger partial charge on any atom is -0.465 e. The minimum absolute atomic E-state index is 0.339. The normalized spacial score (nSPS) is 18.9. The van der Waals surface area contributed by atoms with E-state index in [4.69, 9.17) is 15.2 Å². The summed E-state index contributed by atoms with van der Waals surface area (Å²) < 4.78 is 9.96. The van der Waals surface area contributed by atoms with Crippen LogP contribution in [0.3, 0.4) is 0 Å². The lowest BCUT2D eigenvalue weighted by atomic mass is 9.99. The van der Waals surface area contributed by atoms with Crippen LogP contribution in [-0.4, -0.2) is 44.9 Å². The molecule has 1 aliphatic heterocycles. The molecule has 0 aliphatic carbocycles. The number of hydrogen-bond acceptors (Lipinski definition) is 6. The smallest absolute Gasteiger partial charge is 0.340 e. The molecule has 6 nitrogen and oxygen atoms in total. The van der Waals surface area contributed by atoms with E-state index in [1.54, 1.807) is 13.2 Å². The molecule has 0 spiro atoms. The van der Waals surface area contributed by atoms with Crippen LogP contribution in [0.4, 0.5) is 11.5 Å². The molecule has 2 N–H and O–H groups in total. The number of nitrogens with two attached hydrogens (primary N) is 1. The van der Waals surface area contributed by atoms with Crippen molar-refractivity contribution >= 4 is 17.5 Å². The van der Waals surface area contributed by atoms with Gasteiger partial charge in [0.2, 0.25) is 0 Å². The molecule has 1 aliphatic rings. The van der Waals surface area contributed by atoms with Crippen LogP contribution < -0.4 is 10.6 Å². The van der Waals surface area contributed by atoms with E-state index in [2.05, 4.69) is 9.88 Å². The molecule has 1 aromatic rings. The Balaban J connectivity index is 2.17. The fraction of sp³-hybridized carbons (Fsp3) is 0.571. The topological polar surface area (TPSA) is 77.7 Å². The molecule has 0 amide bonds. The molecule has 1 aromatic heterocycles. The van der Waals surface area contributed by atoms with Gasteiger partial charge >= 0.3 is 5.97 Å². The van der Waals surface area contributed by atoms with Gasteiger partial charge in [0.1, 0.15) is 5.82 Å². The van der Waals surface area contributed by atoms with Gasteiger partial charge in [-0.25, -0.2) is 9.78 Å². The second kappa shape index (κ2) is 6.56. The average molecular weight is 279 g/mol. The van der Waals surface area contributed by atoms with Gasteiger partial charge in [0, 0.05) is 20.2 Å². The molecule has 6 heteroatoms. The van der Waals surface area contributed by atoms with Crippen LogP contribution in [0.5, 0.6) is 0 Å². The summed E-state index contributed by atoms with van der Waals surface area (Å²) in [6.45, 7) is 2.55. The molecule has 1 unspecified atom stereocenters. The van der Waals surface area contributed by atoms with Crippen molar-refractivity contribution in [1.29, 1.82) is 0 Å². The number of aromatic nitrogens is 1. The molecular weight excluding hydrogens is 258 g/mol. The maximum Gasteiger partial charge on any atom is 0.340 e. The first-order valence-corrected chi connectivity index (χ1v) is 6.73. The SMILES string of the molecule is COCC1CCCN(c2cc(C(=O)OC)c(N)cn2)C1. The van der Waals surface area contributed by atoms with E-state index in [0.29, 0.717) is 17.2 Å². The summed E-state index contributed by atoms with van der Waals surface area (Å²) in [5.74, 6) is 0.826. The van der Waals surface area contributed by atoms with Crippen molar-refractivity contribution in [2.45, 2.75) is 12.8 Å². The van der Waals surface area contributed by atoms with E-state index >= 15 is 0 Å². The first-order chi connectivity index (χ1) is 9.65. The highest BCUT2D eigenvalue weighted by atomic mass is 16.5. The van der Waals surface area contributed by atoms with Gasteiger partial charge in [-0.3, -0.25) is 0 Å². The Kier molecular flexibility index (Phi) is 4.79. The van der Waals surface area contributed by atoms with Crippen LogP contribution in [0.25, 0.3) is 0 Å². The quantitative estimate of drug-likeness (QED) is 0.837. The Morgan fingerprint density at radius 3 is 3.05 bits per heavy atom. The zero-order valence-electron chi connectivity index (χ0n) is 12.0. The number of methoxy groups -OCH3 is 2. The van der Waals surface area contributed by atoms with Crippen LogP contribution >= 0.6 is 0 Å². The lowest BCUT2D eigenvalue weighted by Gasteiger charge is -2.33. The molecule has 1 fully saturated rings. The van der Waals surface area contributed by atoms with Crippen molar-refractivity contribution in [3.8, 4) is 0 Å². The lowest BCUT2D eigenvalue weighted by Crippen LogP contribution is -2.37. The predicted molar refractivity (Wildman–Crippen MR) is 76.8 cm³/mol. The number of nitrogen functional groups attached to an aromatic ring is 1. The minimum atomic E-state index is -0.434. The van der Waals surface area contributed by atoms with E-state index in [0.717, 1.165) is 38.4 Å². The third kappa shape index (κ3) is 3.19. The maximum atomic E-state index is 11.7. The largest absolute Gasteiger partial charge is 0.465 e. The predicted octanol–water partition coefficient (Wildman–Crippen LogP) is 1.31. The number of carbonyl (C=O) groups is 1. The van der Waals surface area contributed by atoms with E-state index < -0.39 is 5.97 Å². The number of nitrogens with zero attached hydrogens (tertiary/aromatic N) is 2. The highest BCUT2D eigenvalue weighted by Crippen LogP contribution is 2.24. The highest BCUT2D eigenvalue weighted by Gasteiger charge is 2.22. The Hall–Kier alpha value is -1.82. The van der Waals surface area contributed by atoms with Gasteiger partial charge in [-0.1, -0.05) is 0 Å². The molecule has 2 heterocycles. The van der Waals surface area contributed by atoms with Gasteiger partial charge in [0.05, 0.1) is 31.2 Å².